The molecular weight excluding hydrogens is 288 g/mol. The molecule has 0 aromatic heterocycles. The molecule has 1 aromatic rings. The zero-order chi connectivity index (χ0) is 12.4. The summed E-state index contributed by atoms with van der Waals surface area (Å²) in [4.78, 5) is 2.57. The summed E-state index contributed by atoms with van der Waals surface area (Å²) in [6, 6.07) is 8.76. The third-order valence-electron chi connectivity index (χ3n) is 4.35. The lowest BCUT2D eigenvalue weighted by Gasteiger charge is -2.34. The maximum Gasteiger partial charge on any atom is 0.0367 e. The molecular formula is C15H21BrN2. The number of nitrogens with one attached hydrogen (secondary N) is 1. The molecule has 0 bridgehead atoms. The zero-order valence-corrected chi connectivity index (χ0v) is 12.4. The maximum atomic E-state index is 3.82. The minimum Gasteiger partial charge on any atom is -0.370 e. The van der Waals surface area contributed by atoms with E-state index < -0.39 is 0 Å². The van der Waals surface area contributed by atoms with Crippen molar-refractivity contribution in [2.24, 2.45) is 0 Å². The summed E-state index contributed by atoms with van der Waals surface area (Å²) in [6.07, 6.45) is 6.72. The van der Waals surface area contributed by atoms with Gasteiger partial charge in [0, 0.05) is 28.8 Å². The lowest BCUT2D eigenvalue weighted by Crippen LogP contribution is -2.49. The maximum absolute atomic E-state index is 3.82. The van der Waals surface area contributed by atoms with Gasteiger partial charge in [-0.25, -0.2) is 0 Å². The lowest BCUT2D eigenvalue weighted by molar-refractivity contribution is 0.354. The van der Waals surface area contributed by atoms with Crippen LogP contribution in [-0.2, 0) is 0 Å². The van der Waals surface area contributed by atoms with Gasteiger partial charge >= 0.3 is 0 Å². The van der Waals surface area contributed by atoms with Gasteiger partial charge in [-0.2, -0.15) is 0 Å². The standard InChI is InChI=1S/C15H21BrN2/c16-13-4-6-14(7-5-13)18-11-3-10-17-15(12-18)8-1-2-9-15/h4-7,17H,1-3,8-12H2. The summed E-state index contributed by atoms with van der Waals surface area (Å²) in [5.41, 5.74) is 1.76. The Bertz CT molecular complexity index is 395. The Morgan fingerprint density at radius 1 is 1.06 bits per heavy atom. The first-order valence-corrected chi connectivity index (χ1v) is 7.82. The van der Waals surface area contributed by atoms with E-state index in [9.17, 15) is 0 Å². The molecule has 0 radical (unpaired) electrons. The van der Waals surface area contributed by atoms with Gasteiger partial charge in [0.2, 0.25) is 0 Å². The summed E-state index contributed by atoms with van der Waals surface area (Å²) in [5, 5.41) is 3.82. The van der Waals surface area contributed by atoms with Crippen molar-refractivity contribution < 1.29 is 0 Å². The van der Waals surface area contributed by atoms with Crippen LogP contribution in [0.2, 0.25) is 0 Å². The van der Waals surface area contributed by atoms with E-state index in [0.717, 1.165) is 4.47 Å². The van der Waals surface area contributed by atoms with Crippen LogP contribution < -0.4 is 10.2 Å². The van der Waals surface area contributed by atoms with Gasteiger partial charge in [-0.3, -0.25) is 0 Å². The SMILES string of the molecule is Brc1ccc(N2CCCNC3(CCCC3)C2)cc1. The monoisotopic (exact) mass is 308 g/mol. The van der Waals surface area contributed by atoms with Gasteiger partial charge in [0.15, 0.2) is 0 Å². The molecule has 0 unspecified atom stereocenters. The van der Waals surface area contributed by atoms with Crippen LogP contribution >= 0.6 is 15.9 Å². The molecule has 0 atom stereocenters. The first-order chi connectivity index (χ1) is 8.77. The van der Waals surface area contributed by atoms with E-state index in [2.05, 4.69) is 50.4 Å². The summed E-state index contributed by atoms with van der Waals surface area (Å²) >= 11 is 3.51. The number of benzene rings is 1. The van der Waals surface area contributed by atoms with Gasteiger partial charge in [0.1, 0.15) is 0 Å². The molecule has 98 valence electrons. The first kappa shape index (κ1) is 12.5. The fraction of sp³-hybridized carbons (Fsp3) is 0.600. The van der Waals surface area contributed by atoms with Crippen LogP contribution in [-0.4, -0.2) is 25.2 Å². The highest BCUT2D eigenvalue weighted by Crippen LogP contribution is 2.33. The second-order valence-electron chi connectivity index (χ2n) is 5.67. The van der Waals surface area contributed by atoms with Crippen molar-refractivity contribution in [2.45, 2.75) is 37.6 Å². The second kappa shape index (κ2) is 5.22. The highest BCUT2D eigenvalue weighted by atomic mass is 79.9. The van der Waals surface area contributed by atoms with E-state index >= 15 is 0 Å². The van der Waals surface area contributed by atoms with Crippen molar-refractivity contribution in [3.8, 4) is 0 Å². The molecule has 1 aliphatic heterocycles. The van der Waals surface area contributed by atoms with Gasteiger partial charge in [0.25, 0.3) is 0 Å². The minimum atomic E-state index is 0.392. The molecule has 2 fully saturated rings. The van der Waals surface area contributed by atoms with Crippen molar-refractivity contribution in [1.29, 1.82) is 0 Å². The van der Waals surface area contributed by atoms with E-state index in [1.54, 1.807) is 0 Å². The number of rotatable bonds is 1. The predicted molar refractivity (Wildman–Crippen MR) is 80.2 cm³/mol. The Labute approximate surface area is 118 Å². The summed E-state index contributed by atoms with van der Waals surface area (Å²) in [6.45, 7) is 3.53. The fourth-order valence-corrected chi connectivity index (χ4v) is 3.65. The number of nitrogens with zero attached hydrogens (tertiary/aromatic N) is 1. The molecule has 3 rings (SSSR count). The van der Waals surface area contributed by atoms with Gasteiger partial charge in [0.05, 0.1) is 0 Å². The molecule has 3 heteroatoms. The summed E-state index contributed by atoms with van der Waals surface area (Å²) in [5.74, 6) is 0. The minimum absolute atomic E-state index is 0.392. The normalized spacial score (nSPS) is 23.3. The van der Waals surface area contributed by atoms with Gasteiger partial charge < -0.3 is 10.2 Å². The molecule has 1 spiro atoms. The Balaban J connectivity index is 1.80. The second-order valence-corrected chi connectivity index (χ2v) is 6.58. The van der Waals surface area contributed by atoms with Crippen LogP contribution in [0.15, 0.2) is 28.7 Å². The van der Waals surface area contributed by atoms with Crippen molar-refractivity contribution in [2.75, 3.05) is 24.5 Å². The van der Waals surface area contributed by atoms with E-state index in [0.29, 0.717) is 5.54 Å². The van der Waals surface area contributed by atoms with E-state index in [1.807, 2.05) is 0 Å². The van der Waals surface area contributed by atoms with E-state index in [-0.39, 0.29) is 0 Å². The van der Waals surface area contributed by atoms with Crippen LogP contribution in [0.25, 0.3) is 0 Å². The molecule has 1 N–H and O–H groups in total. The first-order valence-electron chi connectivity index (χ1n) is 7.03. The van der Waals surface area contributed by atoms with Crippen LogP contribution in [0, 0.1) is 0 Å². The predicted octanol–water partition coefficient (Wildman–Crippen LogP) is 3.56. The summed E-state index contributed by atoms with van der Waals surface area (Å²) < 4.78 is 1.16. The smallest absolute Gasteiger partial charge is 0.0367 e. The average Bonchev–Trinajstić information content (AvgIpc) is 2.72. The van der Waals surface area contributed by atoms with E-state index in [4.69, 9.17) is 0 Å². The number of hydrogen-bond acceptors (Lipinski definition) is 2. The molecule has 1 aromatic carbocycles. The highest BCUT2D eigenvalue weighted by Gasteiger charge is 2.36. The molecule has 18 heavy (non-hydrogen) atoms. The third-order valence-corrected chi connectivity index (χ3v) is 4.88. The van der Waals surface area contributed by atoms with Crippen molar-refractivity contribution in [1.82, 2.24) is 5.32 Å². The van der Waals surface area contributed by atoms with Crippen LogP contribution in [0.5, 0.6) is 0 Å². The number of anilines is 1. The van der Waals surface area contributed by atoms with Gasteiger partial charge in [-0.05, 0) is 50.1 Å². The largest absolute Gasteiger partial charge is 0.370 e. The molecule has 0 amide bonds. The number of halogens is 1. The van der Waals surface area contributed by atoms with Crippen LogP contribution in [0.4, 0.5) is 5.69 Å². The highest BCUT2D eigenvalue weighted by molar-refractivity contribution is 9.10. The Hall–Kier alpha value is -0.540. The van der Waals surface area contributed by atoms with Crippen LogP contribution in [0.3, 0.4) is 0 Å². The van der Waals surface area contributed by atoms with E-state index in [1.165, 1.54) is 57.4 Å². The molecule has 2 aliphatic rings. The fourth-order valence-electron chi connectivity index (χ4n) is 3.38. The van der Waals surface area contributed by atoms with Crippen molar-refractivity contribution in [3.05, 3.63) is 28.7 Å². The van der Waals surface area contributed by atoms with Crippen molar-refractivity contribution >= 4 is 21.6 Å². The number of hydrogen-bond donors (Lipinski definition) is 1. The zero-order valence-electron chi connectivity index (χ0n) is 10.8. The molecule has 1 saturated heterocycles. The molecule has 1 heterocycles. The van der Waals surface area contributed by atoms with Gasteiger partial charge in [-0.1, -0.05) is 28.8 Å². The quantitative estimate of drug-likeness (QED) is 0.853. The topological polar surface area (TPSA) is 15.3 Å². The third kappa shape index (κ3) is 2.57. The Morgan fingerprint density at radius 3 is 2.50 bits per heavy atom. The van der Waals surface area contributed by atoms with Crippen LogP contribution in [0.1, 0.15) is 32.1 Å². The molecule has 2 nitrogen and oxygen atoms in total. The summed E-state index contributed by atoms with van der Waals surface area (Å²) in [7, 11) is 0. The molecule has 1 aliphatic carbocycles. The lowest BCUT2D eigenvalue weighted by atomic mass is 9.97. The average molecular weight is 309 g/mol. The Morgan fingerprint density at radius 2 is 1.78 bits per heavy atom. The Kier molecular flexibility index (Phi) is 3.62. The van der Waals surface area contributed by atoms with Gasteiger partial charge in [-0.15, -0.1) is 0 Å². The molecule has 1 saturated carbocycles. The van der Waals surface area contributed by atoms with Crippen molar-refractivity contribution in [3.63, 3.8) is 0 Å².